The van der Waals surface area contributed by atoms with E-state index < -0.39 is 11.6 Å². The van der Waals surface area contributed by atoms with Crippen molar-refractivity contribution in [2.75, 3.05) is 33.9 Å². The van der Waals surface area contributed by atoms with Crippen molar-refractivity contribution in [2.24, 2.45) is 0 Å². The van der Waals surface area contributed by atoms with Crippen molar-refractivity contribution in [1.82, 2.24) is 10.2 Å². The molecule has 5 heteroatoms. The maximum atomic E-state index is 13.3. The summed E-state index contributed by atoms with van der Waals surface area (Å²) in [5.74, 6) is -1.06. The molecule has 112 valence electrons. The molecule has 1 aromatic rings. The van der Waals surface area contributed by atoms with E-state index in [1.54, 1.807) is 0 Å². The van der Waals surface area contributed by atoms with E-state index in [0.717, 1.165) is 38.7 Å². The van der Waals surface area contributed by atoms with Crippen LogP contribution >= 0.6 is 0 Å². The van der Waals surface area contributed by atoms with Gasteiger partial charge in [-0.2, -0.15) is 0 Å². The molecule has 0 radical (unpaired) electrons. The topological polar surface area (TPSA) is 24.5 Å². The highest BCUT2D eigenvalue weighted by Gasteiger charge is 2.21. The summed E-state index contributed by atoms with van der Waals surface area (Å²) in [5.41, 5.74) is 0.654. The van der Waals surface area contributed by atoms with Crippen LogP contribution in [0.4, 0.5) is 8.78 Å². The van der Waals surface area contributed by atoms with Gasteiger partial charge >= 0.3 is 0 Å². The molecule has 0 aliphatic carbocycles. The highest BCUT2D eigenvalue weighted by Crippen LogP contribution is 2.20. The third-order valence-corrected chi connectivity index (χ3v) is 3.94. The highest BCUT2D eigenvalue weighted by atomic mass is 19.1. The van der Waals surface area contributed by atoms with Gasteiger partial charge in [-0.05, 0) is 44.6 Å². The Morgan fingerprint density at radius 3 is 2.60 bits per heavy atom. The summed E-state index contributed by atoms with van der Waals surface area (Å²) in [6, 6.07) is 4.09. The van der Waals surface area contributed by atoms with Gasteiger partial charge < -0.3 is 15.0 Å². The van der Waals surface area contributed by atoms with Crippen LogP contribution in [0.25, 0.3) is 0 Å². The van der Waals surface area contributed by atoms with Crippen LogP contribution in [0.1, 0.15) is 24.4 Å². The fourth-order valence-corrected chi connectivity index (χ4v) is 2.64. The first kappa shape index (κ1) is 15.4. The van der Waals surface area contributed by atoms with Crippen molar-refractivity contribution in [3.63, 3.8) is 0 Å². The number of benzene rings is 1. The van der Waals surface area contributed by atoms with Gasteiger partial charge in [-0.3, -0.25) is 0 Å². The molecule has 3 nitrogen and oxygen atoms in total. The van der Waals surface area contributed by atoms with Gasteiger partial charge in [0.25, 0.3) is 0 Å². The lowest BCUT2D eigenvalue weighted by molar-refractivity contribution is 0.157. The predicted molar refractivity (Wildman–Crippen MR) is 74.6 cm³/mol. The minimum Gasteiger partial charge on any atom is -0.380 e. The second-order valence-electron chi connectivity index (χ2n) is 5.33. The van der Waals surface area contributed by atoms with E-state index in [2.05, 4.69) is 17.3 Å². The van der Waals surface area contributed by atoms with Gasteiger partial charge in [0, 0.05) is 31.3 Å². The van der Waals surface area contributed by atoms with E-state index in [4.69, 9.17) is 4.74 Å². The Morgan fingerprint density at radius 1 is 1.35 bits per heavy atom. The number of hydrogen-bond acceptors (Lipinski definition) is 3. The minimum absolute atomic E-state index is 0.0510. The zero-order chi connectivity index (χ0) is 14.5. The first-order chi connectivity index (χ1) is 9.60. The SMILES string of the molecule is CNC(CCN(C)C1CCOC1)c1cc(F)cc(F)c1. The molecule has 1 N–H and O–H groups in total. The molecule has 0 aromatic heterocycles. The molecule has 0 spiro atoms. The van der Waals surface area contributed by atoms with E-state index in [1.807, 2.05) is 7.05 Å². The zero-order valence-corrected chi connectivity index (χ0v) is 12.0. The molecule has 2 unspecified atom stereocenters. The second kappa shape index (κ2) is 7.11. The van der Waals surface area contributed by atoms with Crippen molar-refractivity contribution >= 4 is 0 Å². The molecule has 1 aromatic carbocycles. The summed E-state index contributed by atoms with van der Waals surface area (Å²) in [4.78, 5) is 2.26. The van der Waals surface area contributed by atoms with Crippen LogP contribution < -0.4 is 5.32 Å². The van der Waals surface area contributed by atoms with E-state index in [0.29, 0.717) is 11.6 Å². The van der Waals surface area contributed by atoms with Crippen LogP contribution in [-0.2, 0) is 4.74 Å². The lowest BCUT2D eigenvalue weighted by Gasteiger charge is -2.25. The maximum absolute atomic E-state index is 13.3. The Balaban J connectivity index is 1.94. The number of nitrogens with one attached hydrogen (secondary N) is 1. The molecule has 0 amide bonds. The summed E-state index contributed by atoms with van der Waals surface area (Å²) < 4.78 is 31.9. The standard InChI is InChI=1S/C15H22F2N2O/c1-18-15(11-7-12(16)9-13(17)8-11)3-5-19(2)14-4-6-20-10-14/h7-9,14-15,18H,3-6,10H2,1-2H3. The fraction of sp³-hybridized carbons (Fsp3) is 0.600. The van der Waals surface area contributed by atoms with Crippen molar-refractivity contribution < 1.29 is 13.5 Å². The van der Waals surface area contributed by atoms with E-state index in [1.165, 1.54) is 12.1 Å². The average molecular weight is 284 g/mol. The number of ether oxygens (including phenoxy) is 1. The number of halogens is 2. The summed E-state index contributed by atoms with van der Waals surface area (Å²) in [6.45, 7) is 2.45. The number of rotatable bonds is 6. The van der Waals surface area contributed by atoms with Crippen molar-refractivity contribution in [2.45, 2.75) is 24.9 Å². The number of likely N-dealkylation sites (N-methyl/N-ethyl adjacent to an activating group) is 1. The molecule has 0 saturated carbocycles. The van der Waals surface area contributed by atoms with Gasteiger partial charge in [-0.25, -0.2) is 8.78 Å². The summed E-state index contributed by atoms with van der Waals surface area (Å²) in [5, 5.41) is 3.13. The van der Waals surface area contributed by atoms with Crippen LogP contribution in [0.2, 0.25) is 0 Å². The van der Waals surface area contributed by atoms with Crippen molar-refractivity contribution in [1.29, 1.82) is 0 Å². The summed E-state index contributed by atoms with van der Waals surface area (Å²) in [7, 11) is 3.88. The Labute approximate surface area is 118 Å². The highest BCUT2D eigenvalue weighted by molar-refractivity contribution is 5.21. The Bertz CT molecular complexity index is 416. The second-order valence-corrected chi connectivity index (χ2v) is 5.33. The molecule has 0 bridgehead atoms. The first-order valence-electron chi connectivity index (χ1n) is 7.01. The fourth-order valence-electron chi connectivity index (χ4n) is 2.64. The lowest BCUT2D eigenvalue weighted by atomic mass is 10.0. The molecule has 2 rings (SSSR count). The number of nitrogens with zero attached hydrogens (tertiary/aromatic N) is 1. The Morgan fingerprint density at radius 2 is 2.05 bits per heavy atom. The first-order valence-corrected chi connectivity index (χ1v) is 7.01. The summed E-state index contributed by atoms with van der Waals surface area (Å²) in [6.07, 6.45) is 1.85. The molecule has 1 heterocycles. The van der Waals surface area contributed by atoms with Gasteiger partial charge in [0.2, 0.25) is 0 Å². The maximum Gasteiger partial charge on any atom is 0.126 e. The van der Waals surface area contributed by atoms with Gasteiger partial charge in [0.15, 0.2) is 0 Å². The zero-order valence-electron chi connectivity index (χ0n) is 12.0. The van der Waals surface area contributed by atoms with Crippen molar-refractivity contribution in [3.05, 3.63) is 35.4 Å². The van der Waals surface area contributed by atoms with E-state index >= 15 is 0 Å². The largest absolute Gasteiger partial charge is 0.380 e. The third kappa shape index (κ3) is 3.98. The van der Waals surface area contributed by atoms with Crippen LogP contribution in [0.15, 0.2) is 18.2 Å². The Hall–Kier alpha value is -1.04. The normalized spacial score (nSPS) is 20.6. The molecule has 1 aliphatic rings. The molecular formula is C15H22F2N2O. The minimum atomic E-state index is -0.530. The van der Waals surface area contributed by atoms with Crippen LogP contribution in [0.5, 0.6) is 0 Å². The predicted octanol–water partition coefficient (Wildman–Crippen LogP) is 2.34. The van der Waals surface area contributed by atoms with Crippen LogP contribution in [0.3, 0.4) is 0 Å². The smallest absolute Gasteiger partial charge is 0.126 e. The van der Waals surface area contributed by atoms with Gasteiger partial charge in [-0.15, -0.1) is 0 Å². The third-order valence-electron chi connectivity index (χ3n) is 3.94. The lowest BCUT2D eigenvalue weighted by Crippen LogP contribution is -2.34. The van der Waals surface area contributed by atoms with Crippen molar-refractivity contribution in [3.8, 4) is 0 Å². The molecular weight excluding hydrogens is 262 g/mol. The van der Waals surface area contributed by atoms with Gasteiger partial charge in [-0.1, -0.05) is 0 Å². The van der Waals surface area contributed by atoms with Gasteiger partial charge in [0.1, 0.15) is 11.6 Å². The number of hydrogen-bond donors (Lipinski definition) is 1. The monoisotopic (exact) mass is 284 g/mol. The van der Waals surface area contributed by atoms with Gasteiger partial charge in [0.05, 0.1) is 6.61 Å². The van der Waals surface area contributed by atoms with E-state index in [9.17, 15) is 8.78 Å². The van der Waals surface area contributed by atoms with E-state index in [-0.39, 0.29) is 6.04 Å². The van der Waals surface area contributed by atoms with Crippen LogP contribution in [0, 0.1) is 11.6 Å². The quantitative estimate of drug-likeness (QED) is 0.868. The average Bonchev–Trinajstić information content (AvgIpc) is 2.92. The molecule has 1 saturated heterocycles. The molecule has 20 heavy (non-hydrogen) atoms. The molecule has 1 fully saturated rings. The molecule has 1 aliphatic heterocycles. The molecule has 2 atom stereocenters. The summed E-state index contributed by atoms with van der Waals surface area (Å²) >= 11 is 0. The van der Waals surface area contributed by atoms with Crippen LogP contribution in [-0.4, -0.2) is 44.8 Å². The Kier molecular flexibility index (Phi) is 5.46.